The van der Waals surface area contributed by atoms with E-state index in [1.165, 1.54) is 60.5 Å². The standard InChI is InChI=1S/C62H44N2/c1-4-16-49(17-5-1)62-44-60(64(56-22-8-3-9-23-56)59-36-30-48(31-37-59)54-27-25-46-15-11-13-19-52(46)43-54)40-41-61(62)50-32-38-58(39-33-50)63(55-20-6-2-7-21-55)57-34-28-47(29-35-57)53-26-24-45-14-10-12-18-51(45)42-53/h1-44H. The number of hydrogen-bond acceptors (Lipinski definition) is 2. The molecule has 0 saturated heterocycles. The van der Waals surface area contributed by atoms with Crippen LogP contribution in [-0.4, -0.2) is 0 Å². The first-order valence-corrected chi connectivity index (χ1v) is 21.9. The van der Waals surface area contributed by atoms with Gasteiger partial charge in [0.25, 0.3) is 0 Å². The molecule has 0 amide bonds. The first kappa shape index (κ1) is 38.5. The number of fused-ring (bicyclic) bond motifs is 2. The Labute approximate surface area is 375 Å². The minimum Gasteiger partial charge on any atom is -0.311 e. The highest BCUT2D eigenvalue weighted by Gasteiger charge is 2.18. The number of benzene rings is 11. The Kier molecular flexibility index (Phi) is 10.3. The summed E-state index contributed by atoms with van der Waals surface area (Å²) in [6.07, 6.45) is 0. The van der Waals surface area contributed by atoms with E-state index in [-0.39, 0.29) is 0 Å². The molecule has 0 spiro atoms. The second-order valence-corrected chi connectivity index (χ2v) is 16.2. The van der Waals surface area contributed by atoms with Crippen molar-refractivity contribution < 1.29 is 0 Å². The van der Waals surface area contributed by atoms with E-state index < -0.39 is 0 Å². The van der Waals surface area contributed by atoms with Crippen molar-refractivity contribution in [3.05, 3.63) is 267 Å². The third kappa shape index (κ3) is 7.70. The molecule has 0 N–H and O–H groups in total. The maximum Gasteiger partial charge on any atom is 0.0468 e. The third-order valence-electron chi connectivity index (χ3n) is 12.2. The van der Waals surface area contributed by atoms with Crippen LogP contribution in [0.3, 0.4) is 0 Å². The summed E-state index contributed by atoms with van der Waals surface area (Å²) in [6.45, 7) is 0. The first-order valence-electron chi connectivity index (χ1n) is 21.9. The molecule has 11 aromatic rings. The Morgan fingerprint density at radius 3 is 0.969 bits per heavy atom. The molecule has 302 valence electrons. The zero-order valence-electron chi connectivity index (χ0n) is 35.3. The van der Waals surface area contributed by atoms with Crippen molar-refractivity contribution in [2.24, 2.45) is 0 Å². The molecule has 64 heavy (non-hydrogen) atoms. The molecule has 11 aromatic carbocycles. The number of anilines is 6. The van der Waals surface area contributed by atoms with Crippen molar-refractivity contribution in [3.8, 4) is 44.5 Å². The first-order chi connectivity index (χ1) is 31.7. The SMILES string of the molecule is c1ccc(-c2cc(N(c3ccccc3)c3ccc(-c4ccc5ccccc5c4)cc3)ccc2-c2ccc(N(c3ccccc3)c3ccc(-c4ccc5ccccc5c4)cc3)cc2)cc1. The van der Waals surface area contributed by atoms with Crippen LogP contribution >= 0.6 is 0 Å². The Bertz CT molecular complexity index is 3340. The van der Waals surface area contributed by atoms with Crippen LogP contribution < -0.4 is 9.80 Å². The van der Waals surface area contributed by atoms with Crippen molar-refractivity contribution in [1.82, 2.24) is 0 Å². The van der Waals surface area contributed by atoms with Crippen LogP contribution in [0.2, 0.25) is 0 Å². The Morgan fingerprint density at radius 2 is 0.500 bits per heavy atom. The van der Waals surface area contributed by atoms with E-state index in [1.54, 1.807) is 0 Å². The lowest BCUT2D eigenvalue weighted by Gasteiger charge is -2.27. The minimum absolute atomic E-state index is 1.09. The summed E-state index contributed by atoms with van der Waals surface area (Å²) >= 11 is 0. The molecule has 0 aliphatic rings. The fourth-order valence-corrected chi connectivity index (χ4v) is 8.96. The van der Waals surface area contributed by atoms with Crippen LogP contribution in [0.5, 0.6) is 0 Å². The topological polar surface area (TPSA) is 6.48 Å². The van der Waals surface area contributed by atoms with Crippen LogP contribution in [0.4, 0.5) is 34.1 Å². The molecule has 0 unspecified atom stereocenters. The summed E-state index contributed by atoms with van der Waals surface area (Å²) in [5, 5.41) is 4.99. The van der Waals surface area contributed by atoms with Crippen molar-refractivity contribution >= 4 is 55.7 Å². The lowest BCUT2D eigenvalue weighted by Crippen LogP contribution is -2.10. The van der Waals surface area contributed by atoms with Gasteiger partial charge in [-0.3, -0.25) is 0 Å². The van der Waals surface area contributed by atoms with Gasteiger partial charge in [0, 0.05) is 34.1 Å². The van der Waals surface area contributed by atoms with Gasteiger partial charge in [-0.1, -0.05) is 182 Å². The summed E-state index contributed by atoms with van der Waals surface area (Å²) in [7, 11) is 0. The molecule has 0 saturated carbocycles. The average Bonchev–Trinajstić information content (AvgIpc) is 3.38. The molecule has 0 atom stereocenters. The number of rotatable bonds is 10. The van der Waals surface area contributed by atoms with Crippen molar-refractivity contribution in [2.75, 3.05) is 9.80 Å². The largest absolute Gasteiger partial charge is 0.311 e. The predicted octanol–water partition coefficient (Wildman–Crippen LogP) is 17.6. The summed E-state index contributed by atoms with van der Waals surface area (Å²) < 4.78 is 0. The molecule has 0 aromatic heterocycles. The van der Waals surface area contributed by atoms with Crippen LogP contribution in [0.25, 0.3) is 66.1 Å². The molecule has 0 aliphatic carbocycles. The van der Waals surface area contributed by atoms with Crippen LogP contribution in [-0.2, 0) is 0 Å². The summed E-state index contributed by atoms with van der Waals surface area (Å²) in [5.41, 5.74) is 16.0. The molecule has 2 heteroatoms. The van der Waals surface area contributed by atoms with E-state index >= 15 is 0 Å². The molecular weight excluding hydrogens is 773 g/mol. The summed E-state index contributed by atoms with van der Waals surface area (Å²) in [5.74, 6) is 0. The van der Waals surface area contributed by atoms with Gasteiger partial charge in [-0.2, -0.15) is 0 Å². The molecule has 11 rings (SSSR count). The van der Waals surface area contributed by atoms with Crippen LogP contribution in [0, 0.1) is 0 Å². The van der Waals surface area contributed by atoms with E-state index in [0.717, 1.165) is 39.7 Å². The minimum atomic E-state index is 1.09. The molecule has 2 nitrogen and oxygen atoms in total. The number of nitrogens with zero attached hydrogens (tertiary/aromatic N) is 2. The molecule has 0 bridgehead atoms. The highest BCUT2D eigenvalue weighted by Crippen LogP contribution is 2.43. The fourth-order valence-electron chi connectivity index (χ4n) is 8.96. The molecule has 0 fully saturated rings. The monoisotopic (exact) mass is 816 g/mol. The second-order valence-electron chi connectivity index (χ2n) is 16.2. The van der Waals surface area contributed by atoms with Gasteiger partial charge in [-0.25, -0.2) is 0 Å². The molecule has 0 radical (unpaired) electrons. The van der Waals surface area contributed by atoms with Gasteiger partial charge in [-0.05, 0) is 151 Å². The van der Waals surface area contributed by atoms with Crippen molar-refractivity contribution in [2.45, 2.75) is 0 Å². The zero-order chi connectivity index (χ0) is 42.7. The van der Waals surface area contributed by atoms with Gasteiger partial charge < -0.3 is 9.80 Å². The van der Waals surface area contributed by atoms with Gasteiger partial charge in [-0.15, -0.1) is 0 Å². The van der Waals surface area contributed by atoms with Crippen molar-refractivity contribution in [1.29, 1.82) is 0 Å². The van der Waals surface area contributed by atoms with Gasteiger partial charge in [0.1, 0.15) is 0 Å². The van der Waals surface area contributed by atoms with E-state index in [9.17, 15) is 0 Å². The van der Waals surface area contributed by atoms with E-state index in [2.05, 4.69) is 277 Å². The maximum absolute atomic E-state index is 2.35. The van der Waals surface area contributed by atoms with E-state index in [4.69, 9.17) is 0 Å². The normalized spacial score (nSPS) is 11.1. The second kappa shape index (κ2) is 17.1. The lowest BCUT2D eigenvalue weighted by molar-refractivity contribution is 1.28. The van der Waals surface area contributed by atoms with Gasteiger partial charge in [0.2, 0.25) is 0 Å². The predicted molar refractivity (Wildman–Crippen MR) is 273 cm³/mol. The Balaban J connectivity index is 0.948. The van der Waals surface area contributed by atoms with Crippen molar-refractivity contribution in [3.63, 3.8) is 0 Å². The average molecular weight is 817 g/mol. The molecule has 0 heterocycles. The van der Waals surface area contributed by atoms with Crippen LogP contribution in [0.1, 0.15) is 0 Å². The lowest BCUT2D eigenvalue weighted by atomic mass is 9.93. The number of hydrogen-bond donors (Lipinski definition) is 0. The van der Waals surface area contributed by atoms with Gasteiger partial charge in [0.15, 0.2) is 0 Å². The summed E-state index contributed by atoms with van der Waals surface area (Å²) in [4.78, 5) is 4.69. The van der Waals surface area contributed by atoms with E-state index in [0.29, 0.717) is 0 Å². The van der Waals surface area contributed by atoms with Gasteiger partial charge >= 0.3 is 0 Å². The van der Waals surface area contributed by atoms with Gasteiger partial charge in [0.05, 0.1) is 0 Å². The van der Waals surface area contributed by atoms with E-state index in [1.807, 2.05) is 0 Å². The molecular formula is C62H44N2. The molecule has 0 aliphatic heterocycles. The smallest absolute Gasteiger partial charge is 0.0468 e. The Morgan fingerprint density at radius 1 is 0.172 bits per heavy atom. The quantitative estimate of drug-likeness (QED) is 0.136. The number of para-hydroxylation sites is 2. The maximum atomic E-state index is 2.35. The highest BCUT2D eigenvalue weighted by atomic mass is 15.1. The van der Waals surface area contributed by atoms with Crippen LogP contribution in [0.15, 0.2) is 267 Å². The zero-order valence-corrected chi connectivity index (χ0v) is 35.3. The third-order valence-corrected chi connectivity index (χ3v) is 12.2. The highest BCUT2D eigenvalue weighted by molar-refractivity contribution is 5.92. The Hall–Kier alpha value is -8.46. The fraction of sp³-hybridized carbons (Fsp3) is 0. The summed E-state index contributed by atoms with van der Waals surface area (Å²) in [6, 6.07) is 96.3.